The van der Waals surface area contributed by atoms with Gasteiger partial charge in [0.05, 0.1) is 16.8 Å². The van der Waals surface area contributed by atoms with Gasteiger partial charge in [-0.25, -0.2) is 4.79 Å². The molecule has 4 nitrogen and oxygen atoms in total. The standard InChI is InChI=1S/C20H18N2O2/c23-20(24)19-15-8-4-5-9-17(15)21-18-13-22(11-10-16(18)19)12-14-6-2-1-3-7-14/h1-9H,10-13H2,(H,23,24). The van der Waals surface area contributed by atoms with Gasteiger partial charge in [-0.2, -0.15) is 0 Å². The van der Waals surface area contributed by atoms with Crippen molar-refractivity contribution in [2.45, 2.75) is 19.5 Å². The molecule has 1 aliphatic heterocycles. The van der Waals surface area contributed by atoms with Gasteiger partial charge in [-0.15, -0.1) is 0 Å². The molecule has 24 heavy (non-hydrogen) atoms. The van der Waals surface area contributed by atoms with E-state index in [1.165, 1.54) is 5.56 Å². The Morgan fingerprint density at radius 1 is 1.08 bits per heavy atom. The second kappa shape index (κ2) is 6.06. The van der Waals surface area contributed by atoms with Gasteiger partial charge >= 0.3 is 5.97 Å². The molecule has 2 heterocycles. The quantitative estimate of drug-likeness (QED) is 0.803. The summed E-state index contributed by atoms with van der Waals surface area (Å²) in [6.07, 6.45) is 0.724. The number of pyridine rings is 1. The number of carbonyl (C=O) groups is 1. The third kappa shape index (κ3) is 2.65. The monoisotopic (exact) mass is 318 g/mol. The van der Waals surface area contributed by atoms with Gasteiger partial charge in [-0.1, -0.05) is 48.5 Å². The van der Waals surface area contributed by atoms with E-state index in [1.54, 1.807) is 0 Å². The average Bonchev–Trinajstić information content (AvgIpc) is 2.60. The van der Waals surface area contributed by atoms with E-state index in [0.29, 0.717) is 12.1 Å². The number of fused-ring (bicyclic) bond motifs is 2. The Kier molecular flexibility index (Phi) is 3.75. The smallest absolute Gasteiger partial charge is 0.336 e. The first-order chi connectivity index (χ1) is 11.7. The summed E-state index contributed by atoms with van der Waals surface area (Å²) in [6, 6.07) is 17.8. The molecule has 0 amide bonds. The zero-order valence-corrected chi connectivity index (χ0v) is 13.3. The normalized spacial score (nSPS) is 14.5. The van der Waals surface area contributed by atoms with Crippen molar-refractivity contribution in [3.63, 3.8) is 0 Å². The van der Waals surface area contributed by atoms with Crippen LogP contribution in [0.25, 0.3) is 10.9 Å². The molecule has 0 saturated heterocycles. The SMILES string of the molecule is O=C(O)c1c2c(nc3ccccc13)CN(Cc1ccccc1)CC2. The molecule has 120 valence electrons. The summed E-state index contributed by atoms with van der Waals surface area (Å²) in [7, 11) is 0. The van der Waals surface area contributed by atoms with E-state index in [-0.39, 0.29) is 0 Å². The first kappa shape index (κ1) is 14.8. The number of hydrogen-bond acceptors (Lipinski definition) is 3. The van der Waals surface area contributed by atoms with Crippen molar-refractivity contribution in [2.75, 3.05) is 6.54 Å². The lowest BCUT2D eigenvalue weighted by Crippen LogP contribution is -2.32. The number of aromatic carboxylic acids is 1. The van der Waals surface area contributed by atoms with Crippen LogP contribution in [0.5, 0.6) is 0 Å². The molecule has 0 aliphatic carbocycles. The second-order valence-electron chi connectivity index (χ2n) is 6.18. The molecule has 4 heteroatoms. The van der Waals surface area contributed by atoms with E-state index in [4.69, 9.17) is 4.98 Å². The Labute approximate surface area is 140 Å². The number of carboxylic acids is 1. The number of rotatable bonds is 3. The van der Waals surface area contributed by atoms with E-state index < -0.39 is 5.97 Å². The minimum absolute atomic E-state index is 0.426. The maximum atomic E-state index is 11.8. The van der Waals surface area contributed by atoms with Crippen LogP contribution in [0.1, 0.15) is 27.2 Å². The van der Waals surface area contributed by atoms with Crippen molar-refractivity contribution in [1.29, 1.82) is 0 Å². The van der Waals surface area contributed by atoms with Crippen LogP contribution in [-0.2, 0) is 19.5 Å². The Hall–Kier alpha value is -2.72. The molecule has 0 unspecified atom stereocenters. The summed E-state index contributed by atoms with van der Waals surface area (Å²) in [4.78, 5) is 18.9. The Balaban J connectivity index is 1.72. The van der Waals surface area contributed by atoms with E-state index >= 15 is 0 Å². The van der Waals surface area contributed by atoms with Gasteiger partial charge in [0.2, 0.25) is 0 Å². The molecule has 0 saturated carbocycles. The maximum Gasteiger partial charge on any atom is 0.336 e. The minimum Gasteiger partial charge on any atom is -0.478 e. The second-order valence-corrected chi connectivity index (χ2v) is 6.18. The Morgan fingerprint density at radius 2 is 1.83 bits per heavy atom. The number of carboxylic acid groups (broad SMARTS) is 1. The fourth-order valence-electron chi connectivity index (χ4n) is 3.48. The first-order valence-corrected chi connectivity index (χ1v) is 8.12. The fraction of sp³-hybridized carbons (Fsp3) is 0.200. The van der Waals surface area contributed by atoms with Crippen molar-refractivity contribution >= 4 is 16.9 Å². The number of benzene rings is 2. The highest BCUT2D eigenvalue weighted by atomic mass is 16.4. The molecule has 2 aromatic carbocycles. The highest BCUT2D eigenvalue weighted by Gasteiger charge is 2.25. The van der Waals surface area contributed by atoms with E-state index in [2.05, 4.69) is 17.0 Å². The lowest BCUT2D eigenvalue weighted by Gasteiger charge is -2.29. The zero-order chi connectivity index (χ0) is 16.5. The topological polar surface area (TPSA) is 53.4 Å². The first-order valence-electron chi connectivity index (χ1n) is 8.12. The van der Waals surface area contributed by atoms with Crippen LogP contribution in [0, 0.1) is 0 Å². The molecule has 0 radical (unpaired) electrons. The molecule has 0 spiro atoms. The number of aromatic nitrogens is 1. The Morgan fingerprint density at radius 3 is 2.62 bits per heavy atom. The summed E-state index contributed by atoms with van der Waals surface area (Å²) >= 11 is 0. The molecule has 0 fully saturated rings. The van der Waals surface area contributed by atoms with E-state index in [1.807, 2.05) is 42.5 Å². The minimum atomic E-state index is -0.860. The third-order valence-corrected chi connectivity index (χ3v) is 4.59. The highest BCUT2D eigenvalue weighted by Crippen LogP contribution is 2.28. The number of hydrogen-bond donors (Lipinski definition) is 1. The molecule has 3 aromatic rings. The molecule has 1 aromatic heterocycles. The number of para-hydroxylation sites is 1. The molecule has 0 atom stereocenters. The average molecular weight is 318 g/mol. The lowest BCUT2D eigenvalue weighted by atomic mass is 9.95. The highest BCUT2D eigenvalue weighted by molar-refractivity contribution is 6.04. The molecular formula is C20H18N2O2. The van der Waals surface area contributed by atoms with Crippen LogP contribution in [0.3, 0.4) is 0 Å². The van der Waals surface area contributed by atoms with Gasteiger partial charge in [-0.05, 0) is 23.6 Å². The van der Waals surface area contributed by atoms with Crippen molar-refractivity contribution < 1.29 is 9.90 Å². The summed E-state index contributed by atoms with van der Waals surface area (Å²) in [5.74, 6) is -0.860. The van der Waals surface area contributed by atoms with Crippen LogP contribution < -0.4 is 0 Å². The van der Waals surface area contributed by atoms with Crippen LogP contribution in [0.4, 0.5) is 0 Å². The fourth-order valence-corrected chi connectivity index (χ4v) is 3.48. The Bertz CT molecular complexity index is 906. The van der Waals surface area contributed by atoms with Crippen molar-refractivity contribution in [2.24, 2.45) is 0 Å². The van der Waals surface area contributed by atoms with E-state index in [0.717, 1.165) is 41.7 Å². The van der Waals surface area contributed by atoms with Crippen LogP contribution >= 0.6 is 0 Å². The predicted molar refractivity (Wildman–Crippen MR) is 93.0 cm³/mol. The van der Waals surface area contributed by atoms with Crippen molar-refractivity contribution in [3.8, 4) is 0 Å². The van der Waals surface area contributed by atoms with Gasteiger partial charge < -0.3 is 5.11 Å². The van der Waals surface area contributed by atoms with E-state index in [9.17, 15) is 9.90 Å². The molecule has 0 bridgehead atoms. The molecule has 4 rings (SSSR count). The summed E-state index contributed by atoms with van der Waals surface area (Å²) in [5.41, 5.74) is 4.24. The third-order valence-electron chi connectivity index (χ3n) is 4.59. The van der Waals surface area contributed by atoms with Gasteiger partial charge in [0.25, 0.3) is 0 Å². The van der Waals surface area contributed by atoms with Crippen LogP contribution in [0.15, 0.2) is 54.6 Å². The zero-order valence-electron chi connectivity index (χ0n) is 13.3. The van der Waals surface area contributed by atoms with Crippen molar-refractivity contribution in [1.82, 2.24) is 9.88 Å². The van der Waals surface area contributed by atoms with Crippen molar-refractivity contribution in [3.05, 3.63) is 77.0 Å². The van der Waals surface area contributed by atoms with Gasteiger partial charge in [0.15, 0.2) is 0 Å². The van der Waals surface area contributed by atoms with Crippen LogP contribution in [-0.4, -0.2) is 27.5 Å². The molecule has 1 aliphatic rings. The van der Waals surface area contributed by atoms with Crippen LogP contribution in [0.2, 0.25) is 0 Å². The lowest BCUT2D eigenvalue weighted by molar-refractivity contribution is 0.0696. The van der Waals surface area contributed by atoms with Gasteiger partial charge in [0, 0.05) is 25.0 Å². The molecular weight excluding hydrogens is 300 g/mol. The molecule has 1 N–H and O–H groups in total. The summed E-state index contributed by atoms with van der Waals surface area (Å²) in [5, 5.41) is 10.4. The largest absolute Gasteiger partial charge is 0.478 e. The maximum absolute atomic E-state index is 11.8. The number of nitrogens with zero attached hydrogens (tertiary/aromatic N) is 2. The summed E-state index contributed by atoms with van der Waals surface area (Å²) in [6.45, 7) is 2.40. The summed E-state index contributed by atoms with van der Waals surface area (Å²) < 4.78 is 0. The van der Waals surface area contributed by atoms with Gasteiger partial charge in [-0.3, -0.25) is 9.88 Å². The predicted octanol–water partition coefficient (Wildman–Crippen LogP) is 3.49. The van der Waals surface area contributed by atoms with Gasteiger partial charge in [0.1, 0.15) is 0 Å².